The number of nitrogen functional groups attached to an aromatic ring is 1. The summed E-state index contributed by atoms with van der Waals surface area (Å²) in [4.78, 5) is 47.5. The first-order valence-corrected chi connectivity index (χ1v) is 13.2. The van der Waals surface area contributed by atoms with Crippen LogP contribution in [0.25, 0.3) is 11.2 Å². The Bertz CT molecular complexity index is 1190. The lowest BCUT2D eigenvalue weighted by Crippen LogP contribution is -2.20. The van der Waals surface area contributed by atoms with E-state index >= 15 is 0 Å². The molecule has 3 rings (SSSR count). The molecule has 1 aliphatic rings. The molecule has 20 heteroatoms. The summed E-state index contributed by atoms with van der Waals surface area (Å²) >= 11 is 0. The lowest BCUT2D eigenvalue weighted by Gasteiger charge is -2.24. The maximum absolute atomic E-state index is 13.4. The minimum absolute atomic E-state index is 0.153. The van der Waals surface area contributed by atoms with Crippen LogP contribution in [0.2, 0.25) is 0 Å². The molecule has 4 atom stereocenters. The first-order chi connectivity index (χ1) is 14.6. The van der Waals surface area contributed by atoms with Gasteiger partial charge in [0.2, 0.25) is 0 Å². The van der Waals surface area contributed by atoms with Crippen LogP contribution in [0.1, 0.15) is 6.23 Å². The van der Waals surface area contributed by atoms with Crippen molar-refractivity contribution >= 4 is 39.8 Å². The number of fused-ring (bicyclic) bond motifs is 1. The molecule has 32 heavy (non-hydrogen) atoms. The number of aromatic nitrogens is 4. The van der Waals surface area contributed by atoms with Gasteiger partial charge in [-0.1, -0.05) is 6.08 Å². The fraction of sp³-hybridized carbons (Fsp3) is 0.417. The van der Waals surface area contributed by atoms with Crippen molar-refractivity contribution in [2.75, 3.05) is 18.7 Å². The van der Waals surface area contributed by atoms with Crippen LogP contribution in [-0.2, 0) is 27.5 Å². The Morgan fingerprint density at radius 1 is 1.16 bits per heavy atom. The number of ether oxygens (including phenoxy) is 2. The minimum atomic E-state index is -6.54. The van der Waals surface area contributed by atoms with Gasteiger partial charge in [0.05, 0.1) is 12.9 Å². The van der Waals surface area contributed by atoms with Gasteiger partial charge in [0, 0.05) is 0 Å². The average Bonchev–Trinajstić information content (AvgIpc) is 3.27. The van der Waals surface area contributed by atoms with E-state index in [1.165, 1.54) is 23.3 Å². The van der Waals surface area contributed by atoms with Crippen molar-refractivity contribution in [1.29, 1.82) is 0 Å². The third kappa shape index (κ3) is 4.97. The van der Waals surface area contributed by atoms with Gasteiger partial charge in [-0.3, -0.25) is 18.3 Å². The van der Waals surface area contributed by atoms with Crippen LogP contribution < -0.4 is 5.73 Å². The first-order valence-electron chi connectivity index (χ1n) is 8.29. The molecule has 1 aliphatic heterocycles. The maximum Gasteiger partial charge on any atom is 0.444 e. The molecular weight excluding hydrogens is 505 g/mol. The molecule has 0 saturated carbocycles. The van der Waals surface area contributed by atoms with Crippen molar-refractivity contribution in [2.45, 2.75) is 17.7 Å². The van der Waals surface area contributed by atoms with Crippen molar-refractivity contribution in [3.63, 3.8) is 0 Å². The van der Waals surface area contributed by atoms with E-state index < -0.39 is 53.5 Å². The molecule has 3 heterocycles. The smallest absolute Gasteiger partial charge is 0.382 e. The van der Waals surface area contributed by atoms with E-state index in [4.69, 9.17) is 29.9 Å². The molecule has 0 fully saturated rings. The summed E-state index contributed by atoms with van der Waals surface area (Å²) in [6, 6.07) is 0. The fourth-order valence-corrected chi connectivity index (χ4v) is 6.44. The second-order valence-electron chi connectivity index (χ2n) is 6.33. The zero-order chi connectivity index (χ0) is 23.9. The zero-order valence-corrected chi connectivity index (χ0v) is 18.3. The molecule has 0 saturated heterocycles. The molecular formula is C12H16F2N5O10P3. The van der Waals surface area contributed by atoms with Crippen LogP contribution in [0.4, 0.5) is 14.6 Å². The van der Waals surface area contributed by atoms with Crippen molar-refractivity contribution in [1.82, 2.24) is 19.5 Å². The highest BCUT2D eigenvalue weighted by atomic mass is 31.3. The summed E-state index contributed by atoms with van der Waals surface area (Å²) in [5.41, 5.74) is 6.40. The summed E-state index contributed by atoms with van der Waals surface area (Å²) in [7, 11) is -18.3. The molecule has 0 aromatic carbocycles. The number of halogens is 2. The maximum atomic E-state index is 13.4. The predicted octanol–water partition coefficient (Wildman–Crippen LogP) is 0.952. The number of nitrogens with two attached hydrogens (primary N) is 1. The second kappa shape index (κ2) is 8.61. The second-order valence-corrected chi connectivity index (χ2v) is 12.1. The van der Waals surface area contributed by atoms with Crippen molar-refractivity contribution in [3.05, 3.63) is 24.8 Å². The Morgan fingerprint density at radius 2 is 1.84 bits per heavy atom. The van der Waals surface area contributed by atoms with Crippen LogP contribution in [0.5, 0.6) is 0 Å². The molecule has 0 spiro atoms. The molecule has 2 unspecified atom stereocenters. The fourth-order valence-electron chi connectivity index (χ4n) is 2.49. The summed E-state index contributed by atoms with van der Waals surface area (Å²) in [5.74, 6) is 0.153. The van der Waals surface area contributed by atoms with Gasteiger partial charge in [0.15, 0.2) is 17.7 Å². The standard InChI is InChI=1S/C12H16F2N5O10P3/c13-12(14,31(22,23)24)32(25,26)29-30(20,21)6-27-3-7-1-2-8(28-7)19-5-18-9-10(15)16-4-17-11(9)19/h1-2,4-5,7-8H,3,6H2,(H,20,21)(H,25,26)(H2,15,16,17)(H2,22,23,24)/t7-,8+/m0/s1. The van der Waals surface area contributed by atoms with Crippen LogP contribution in [-0.4, -0.2) is 63.6 Å². The summed E-state index contributed by atoms with van der Waals surface area (Å²) in [6.07, 6.45) is 2.85. The molecule has 6 N–H and O–H groups in total. The summed E-state index contributed by atoms with van der Waals surface area (Å²) in [6.45, 7) is -0.407. The Labute approximate surface area is 177 Å². The van der Waals surface area contributed by atoms with Crippen molar-refractivity contribution < 1.29 is 55.8 Å². The third-order valence-electron chi connectivity index (χ3n) is 3.93. The van der Waals surface area contributed by atoms with E-state index in [0.29, 0.717) is 11.2 Å². The number of rotatable bonds is 9. The van der Waals surface area contributed by atoms with Crippen LogP contribution >= 0.6 is 22.8 Å². The molecule has 0 aliphatic carbocycles. The van der Waals surface area contributed by atoms with Crippen LogP contribution in [0, 0.1) is 0 Å². The van der Waals surface area contributed by atoms with Crippen LogP contribution in [0.15, 0.2) is 24.8 Å². The number of nitrogens with zero attached hydrogens (tertiary/aromatic N) is 4. The molecule has 0 bridgehead atoms. The highest BCUT2D eigenvalue weighted by Gasteiger charge is 2.66. The number of alkyl halides is 2. The van der Waals surface area contributed by atoms with Gasteiger partial charge in [-0.15, -0.1) is 0 Å². The number of hydrogen-bond acceptors (Lipinski definition) is 10. The topological polar surface area (TPSA) is 229 Å². The number of anilines is 1. The molecule has 178 valence electrons. The van der Waals surface area contributed by atoms with E-state index in [-0.39, 0.29) is 5.82 Å². The van der Waals surface area contributed by atoms with Gasteiger partial charge >= 0.3 is 28.2 Å². The summed E-state index contributed by atoms with van der Waals surface area (Å²) in [5, 5.41) is -5.59. The summed E-state index contributed by atoms with van der Waals surface area (Å²) < 4.78 is 76.3. The van der Waals surface area contributed by atoms with Gasteiger partial charge in [-0.2, -0.15) is 8.78 Å². The highest BCUT2D eigenvalue weighted by Crippen LogP contribution is 2.77. The van der Waals surface area contributed by atoms with E-state index in [2.05, 4.69) is 19.3 Å². The normalized spacial score (nSPS) is 23.3. The van der Waals surface area contributed by atoms with Crippen molar-refractivity contribution in [2.24, 2.45) is 0 Å². The van der Waals surface area contributed by atoms with Crippen molar-refractivity contribution in [3.8, 4) is 0 Å². The van der Waals surface area contributed by atoms with Gasteiger partial charge in [0.25, 0.3) is 0 Å². The molecule has 0 radical (unpaired) electrons. The lowest BCUT2D eigenvalue weighted by molar-refractivity contribution is -0.0216. The number of hydrogen-bond donors (Lipinski definition) is 5. The Balaban J connectivity index is 1.56. The third-order valence-corrected chi connectivity index (χ3v) is 9.27. The Kier molecular flexibility index (Phi) is 6.73. The van der Waals surface area contributed by atoms with Gasteiger partial charge < -0.3 is 34.8 Å². The van der Waals surface area contributed by atoms with E-state index in [0.717, 1.165) is 0 Å². The van der Waals surface area contributed by atoms with Gasteiger partial charge in [0.1, 0.15) is 24.3 Å². The zero-order valence-electron chi connectivity index (χ0n) is 15.6. The van der Waals surface area contributed by atoms with E-state index in [1.807, 2.05) is 0 Å². The largest absolute Gasteiger partial charge is 0.444 e. The van der Waals surface area contributed by atoms with Gasteiger partial charge in [-0.25, -0.2) is 19.3 Å². The Morgan fingerprint density at radius 3 is 2.50 bits per heavy atom. The first kappa shape index (κ1) is 25.0. The quantitative estimate of drug-likeness (QED) is 0.229. The predicted molar refractivity (Wildman–Crippen MR) is 101 cm³/mol. The lowest BCUT2D eigenvalue weighted by atomic mass is 10.4. The molecule has 2 aromatic heterocycles. The molecule has 15 nitrogen and oxygen atoms in total. The molecule has 2 aromatic rings. The monoisotopic (exact) mass is 521 g/mol. The number of imidazole rings is 1. The molecule has 0 amide bonds. The van der Waals surface area contributed by atoms with Crippen LogP contribution in [0.3, 0.4) is 0 Å². The average molecular weight is 521 g/mol. The highest BCUT2D eigenvalue weighted by molar-refractivity contribution is 7.76. The minimum Gasteiger partial charge on any atom is -0.382 e. The Hall–Kier alpha value is -1.64. The van der Waals surface area contributed by atoms with E-state index in [9.17, 15) is 27.4 Å². The van der Waals surface area contributed by atoms with E-state index in [1.54, 1.807) is 6.08 Å². The SMILES string of the molecule is Nc1ncnc2c1ncn2[C@H]1C=C[C@@H](COCP(=O)(O)OP(=O)(O)C(F)(F)P(=O)(O)O)O1. The van der Waals surface area contributed by atoms with Gasteiger partial charge in [-0.05, 0) is 6.08 Å².